The van der Waals surface area contributed by atoms with E-state index in [1.165, 1.54) is 0 Å². The van der Waals surface area contributed by atoms with E-state index in [1.54, 1.807) is 0 Å². The number of morpholine rings is 1. The zero-order valence-corrected chi connectivity index (χ0v) is 13.5. The summed E-state index contributed by atoms with van der Waals surface area (Å²) in [5.41, 5.74) is 1.57. The lowest BCUT2D eigenvalue weighted by Crippen LogP contribution is -2.53. The van der Waals surface area contributed by atoms with Crippen LogP contribution >= 0.6 is 15.9 Å². The maximum atomic E-state index is 12.5. The summed E-state index contributed by atoms with van der Waals surface area (Å²) in [6.45, 7) is 9.34. The Morgan fingerprint density at radius 3 is 2.74 bits per heavy atom. The first-order valence-electron chi connectivity index (χ1n) is 6.52. The van der Waals surface area contributed by atoms with Crippen molar-refractivity contribution in [3.8, 4) is 0 Å². The van der Waals surface area contributed by atoms with Crippen molar-refractivity contribution in [2.24, 2.45) is 0 Å². The molecule has 1 saturated heterocycles. The highest BCUT2D eigenvalue weighted by Gasteiger charge is 2.34. The summed E-state index contributed by atoms with van der Waals surface area (Å²) in [6, 6.07) is 5.74. The molecular formula is C15H20BrNO2. The second-order valence-corrected chi connectivity index (χ2v) is 6.69. The van der Waals surface area contributed by atoms with E-state index in [4.69, 9.17) is 4.74 Å². The Kier molecular flexibility index (Phi) is 4.02. The van der Waals surface area contributed by atoms with Gasteiger partial charge in [0.25, 0.3) is 5.91 Å². The molecule has 1 aliphatic heterocycles. The average molecular weight is 326 g/mol. The van der Waals surface area contributed by atoms with Crippen LogP contribution in [0, 0.1) is 6.92 Å². The third-order valence-electron chi connectivity index (χ3n) is 3.28. The van der Waals surface area contributed by atoms with Crippen LogP contribution in [0.2, 0.25) is 0 Å². The minimum Gasteiger partial charge on any atom is -0.369 e. The van der Waals surface area contributed by atoms with Crippen LogP contribution in [-0.2, 0) is 4.74 Å². The smallest absolute Gasteiger partial charge is 0.254 e. The van der Waals surface area contributed by atoms with Crippen molar-refractivity contribution in [3.05, 3.63) is 33.8 Å². The second kappa shape index (κ2) is 5.25. The van der Waals surface area contributed by atoms with Crippen LogP contribution < -0.4 is 0 Å². The van der Waals surface area contributed by atoms with E-state index in [2.05, 4.69) is 15.9 Å². The number of benzene rings is 1. The lowest BCUT2D eigenvalue weighted by Gasteiger charge is -2.41. The first-order valence-corrected chi connectivity index (χ1v) is 7.31. The van der Waals surface area contributed by atoms with E-state index in [0.29, 0.717) is 13.1 Å². The standard InChI is InChI=1S/C15H20BrNO2/c1-10-5-6-12(7-13(10)16)14(18)17-8-11(2)19-15(3,4)9-17/h5-7,11H,8-9H2,1-4H3. The van der Waals surface area contributed by atoms with Gasteiger partial charge >= 0.3 is 0 Å². The number of carbonyl (C=O) groups is 1. The van der Waals surface area contributed by atoms with E-state index >= 15 is 0 Å². The van der Waals surface area contributed by atoms with Gasteiger partial charge in [-0.2, -0.15) is 0 Å². The fraction of sp³-hybridized carbons (Fsp3) is 0.533. The van der Waals surface area contributed by atoms with Crippen molar-refractivity contribution < 1.29 is 9.53 Å². The van der Waals surface area contributed by atoms with Gasteiger partial charge in [0.15, 0.2) is 0 Å². The topological polar surface area (TPSA) is 29.5 Å². The van der Waals surface area contributed by atoms with Gasteiger partial charge in [0.1, 0.15) is 0 Å². The van der Waals surface area contributed by atoms with Gasteiger partial charge in [0.05, 0.1) is 11.7 Å². The molecule has 0 saturated carbocycles. The minimum absolute atomic E-state index is 0.0709. The number of ether oxygens (including phenoxy) is 1. The number of halogens is 1. The Morgan fingerprint density at radius 1 is 1.47 bits per heavy atom. The van der Waals surface area contributed by atoms with Crippen LogP contribution in [0.3, 0.4) is 0 Å². The molecule has 3 nitrogen and oxygen atoms in total. The van der Waals surface area contributed by atoms with Crippen molar-refractivity contribution in [2.75, 3.05) is 13.1 Å². The SMILES string of the molecule is Cc1ccc(C(=O)N2CC(C)OC(C)(C)C2)cc1Br. The van der Waals surface area contributed by atoms with Crippen molar-refractivity contribution in [1.82, 2.24) is 4.90 Å². The van der Waals surface area contributed by atoms with Gasteiger partial charge < -0.3 is 9.64 Å². The highest BCUT2D eigenvalue weighted by atomic mass is 79.9. The lowest BCUT2D eigenvalue weighted by molar-refractivity contribution is -0.118. The van der Waals surface area contributed by atoms with Crippen LogP contribution in [0.25, 0.3) is 0 Å². The van der Waals surface area contributed by atoms with Crippen molar-refractivity contribution in [3.63, 3.8) is 0 Å². The number of nitrogens with zero attached hydrogens (tertiary/aromatic N) is 1. The average Bonchev–Trinajstić information content (AvgIpc) is 2.29. The normalized spacial score (nSPS) is 22.4. The molecule has 0 aromatic heterocycles. The summed E-state index contributed by atoms with van der Waals surface area (Å²) in [5.74, 6) is 0.0731. The van der Waals surface area contributed by atoms with E-state index in [-0.39, 0.29) is 17.6 Å². The molecule has 1 aromatic carbocycles. The van der Waals surface area contributed by atoms with Crippen molar-refractivity contribution in [2.45, 2.75) is 39.4 Å². The molecule has 4 heteroatoms. The van der Waals surface area contributed by atoms with Crippen LogP contribution in [0.1, 0.15) is 36.7 Å². The zero-order valence-electron chi connectivity index (χ0n) is 11.9. The van der Waals surface area contributed by atoms with Gasteiger partial charge in [-0.05, 0) is 45.4 Å². The second-order valence-electron chi connectivity index (χ2n) is 5.84. The quantitative estimate of drug-likeness (QED) is 0.792. The van der Waals surface area contributed by atoms with E-state index in [9.17, 15) is 4.79 Å². The zero-order chi connectivity index (χ0) is 14.2. The molecule has 1 heterocycles. The third kappa shape index (κ3) is 3.37. The number of aryl methyl sites for hydroxylation is 1. The molecule has 0 N–H and O–H groups in total. The molecule has 0 spiro atoms. The van der Waals surface area contributed by atoms with E-state index in [1.807, 2.05) is 50.8 Å². The number of hydrogen-bond donors (Lipinski definition) is 0. The lowest BCUT2D eigenvalue weighted by atomic mass is 10.0. The Balaban J connectivity index is 2.21. The summed E-state index contributed by atoms with van der Waals surface area (Å²) in [5, 5.41) is 0. The fourth-order valence-electron chi connectivity index (χ4n) is 2.52. The molecule has 19 heavy (non-hydrogen) atoms. The molecule has 2 rings (SSSR count). The summed E-state index contributed by atoms with van der Waals surface area (Å²) in [7, 11) is 0. The predicted octanol–water partition coefficient (Wildman–Crippen LogP) is 3.40. The fourth-order valence-corrected chi connectivity index (χ4v) is 2.90. The van der Waals surface area contributed by atoms with E-state index in [0.717, 1.165) is 15.6 Å². The number of rotatable bonds is 1. The predicted molar refractivity (Wildman–Crippen MR) is 79.4 cm³/mol. The Labute approximate surface area is 123 Å². The van der Waals surface area contributed by atoms with Gasteiger partial charge in [0.2, 0.25) is 0 Å². The van der Waals surface area contributed by atoms with E-state index < -0.39 is 0 Å². The molecule has 1 fully saturated rings. The minimum atomic E-state index is -0.282. The monoisotopic (exact) mass is 325 g/mol. The van der Waals surface area contributed by atoms with Gasteiger partial charge in [-0.15, -0.1) is 0 Å². The molecule has 1 amide bonds. The van der Waals surface area contributed by atoms with Gasteiger partial charge in [0, 0.05) is 23.1 Å². The van der Waals surface area contributed by atoms with Crippen molar-refractivity contribution >= 4 is 21.8 Å². The first-order chi connectivity index (χ1) is 8.78. The Bertz CT molecular complexity index is 499. The van der Waals surface area contributed by atoms with Crippen molar-refractivity contribution in [1.29, 1.82) is 0 Å². The summed E-state index contributed by atoms with van der Waals surface area (Å²) in [6.07, 6.45) is 0.0709. The number of hydrogen-bond acceptors (Lipinski definition) is 2. The number of amides is 1. The molecule has 1 unspecified atom stereocenters. The molecular weight excluding hydrogens is 306 g/mol. The maximum Gasteiger partial charge on any atom is 0.254 e. The highest BCUT2D eigenvalue weighted by Crippen LogP contribution is 2.24. The summed E-state index contributed by atoms with van der Waals surface area (Å²) in [4.78, 5) is 14.4. The molecule has 1 aliphatic rings. The third-order valence-corrected chi connectivity index (χ3v) is 4.13. The van der Waals surface area contributed by atoms with Gasteiger partial charge in [-0.25, -0.2) is 0 Å². The van der Waals surface area contributed by atoms with Gasteiger partial charge in [-0.3, -0.25) is 4.79 Å². The highest BCUT2D eigenvalue weighted by molar-refractivity contribution is 9.10. The van der Waals surface area contributed by atoms with Gasteiger partial charge in [-0.1, -0.05) is 22.0 Å². The summed E-state index contributed by atoms with van der Waals surface area (Å²) >= 11 is 3.48. The summed E-state index contributed by atoms with van der Waals surface area (Å²) < 4.78 is 6.80. The molecule has 0 radical (unpaired) electrons. The Morgan fingerprint density at radius 2 is 2.16 bits per heavy atom. The van der Waals surface area contributed by atoms with Crippen LogP contribution in [-0.4, -0.2) is 35.6 Å². The first kappa shape index (κ1) is 14.5. The maximum absolute atomic E-state index is 12.5. The van der Waals surface area contributed by atoms with Crippen LogP contribution in [0.5, 0.6) is 0 Å². The molecule has 1 atom stereocenters. The molecule has 0 aliphatic carbocycles. The van der Waals surface area contributed by atoms with Crippen LogP contribution in [0.15, 0.2) is 22.7 Å². The largest absolute Gasteiger partial charge is 0.369 e. The number of carbonyl (C=O) groups excluding carboxylic acids is 1. The molecule has 1 aromatic rings. The Hall–Kier alpha value is -0.870. The molecule has 0 bridgehead atoms. The molecule has 104 valence electrons. The van der Waals surface area contributed by atoms with Crippen LogP contribution in [0.4, 0.5) is 0 Å².